The molecule has 1 aliphatic rings. The van der Waals surface area contributed by atoms with Gasteiger partial charge in [-0.3, -0.25) is 14.7 Å². The van der Waals surface area contributed by atoms with Crippen LogP contribution in [-0.4, -0.2) is 34.6 Å². The lowest BCUT2D eigenvalue weighted by atomic mass is 10.1. The Morgan fingerprint density at radius 1 is 1.23 bits per heavy atom. The monoisotopic (exact) mass is 377 g/mol. The minimum atomic E-state index is -0.278. The Kier molecular flexibility index (Phi) is 6.39. The lowest BCUT2D eigenvalue weighted by molar-refractivity contribution is 0.0941. The molecule has 3 rings (SSSR count). The van der Waals surface area contributed by atoms with Crippen LogP contribution in [0.5, 0.6) is 0 Å². The number of carbonyl (C=O) groups excluding carboxylic acids is 2. The fraction of sp³-hybridized carbons (Fsp3) is 0.389. The highest BCUT2D eigenvalue weighted by atomic mass is 35.5. The molecule has 2 amide bonds. The summed E-state index contributed by atoms with van der Waals surface area (Å²) in [5, 5.41) is 16.0. The molecule has 0 atom stereocenters. The van der Waals surface area contributed by atoms with E-state index in [4.69, 9.17) is 0 Å². The quantitative estimate of drug-likeness (QED) is 0.656. The van der Waals surface area contributed by atoms with Crippen molar-refractivity contribution in [2.24, 2.45) is 0 Å². The molecule has 0 bridgehead atoms. The van der Waals surface area contributed by atoms with E-state index < -0.39 is 0 Å². The number of halogens is 1. The van der Waals surface area contributed by atoms with Crippen molar-refractivity contribution < 1.29 is 9.59 Å². The van der Waals surface area contributed by atoms with Crippen molar-refractivity contribution in [2.45, 2.75) is 39.8 Å². The predicted octanol–water partition coefficient (Wildman–Crippen LogP) is 2.18. The molecule has 0 fully saturated rings. The highest BCUT2D eigenvalue weighted by Gasteiger charge is 2.22. The Hall–Kier alpha value is -2.38. The molecule has 2 aromatic rings. The van der Waals surface area contributed by atoms with Gasteiger partial charge in [-0.25, -0.2) is 0 Å². The number of aromatic nitrogens is 2. The maximum atomic E-state index is 12.6. The number of nitrogens with one attached hydrogen (secondary N) is 4. The minimum Gasteiger partial charge on any atom is -0.350 e. The molecule has 0 saturated heterocycles. The van der Waals surface area contributed by atoms with E-state index in [0.717, 1.165) is 29.8 Å². The van der Waals surface area contributed by atoms with Crippen molar-refractivity contribution in [3.63, 3.8) is 0 Å². The van der Waals surface area contributed by atoms with Crippen LogP contribution in [0, 0.1) is 6.92 Å². The molecule has 2 heterocycles. The van der Waals surface area contributed by atoms with Crippen LogP contribution in [0.15, 0.2) is 18.2 Å². The fourth-order valence-corrected chi connectivity index (χ4v) is 2.89. The van der Waals surface area contributed by atoms with Crippen LogP contribution < -0.4 is 16.0 Å². The van der Waals surface area contributed by atoms with E-state index >= 15 is 0 Å². The van der Waals surface area contributed by atoms with Crippen molar-refractivity contribution in [1.82, 2.24) is 20.8 Å². The molecule has 1 aromatic carbocycles. The largest absolute Gasteiger partial charge is 0.350 e. The van der Waals surface area contributed by atoms with Crippen molar-refractivity contribution in [3.05, 3.63) is 46.3 Å². The van der Waals surface area contributed by atoms with Gasteiger partial charge in [0.25, 0.3) is 11.8 Å². The van der Waals surface area contributed by atoms with Gasteiger partial charge in [0.2, 0.25) is 0 Å². The first-order chi connectivity index (χ1) is 12.0. The summed E-state index contributed by atoms with van der Waals surface area (Å²) >= 11 is 0. The van der Waals surface area contributed by atoms with Crippen molar-refractivity contribution in [2.75, 3.05) is 11.9 Å². The van der Waals surface area contributed by atoms with Gasteiger partial charge in [-0.1, -0.05) is 6.07 Å². The number of amides is 2. The van der Waals surface area contributed by atoms with E-state index in [0.29, 0.717) is 23.5 Å². The van der Waals surface area contributed by atoms with Gasteiger partial charge >= 0.3 is 0 Å². The highest BCUT2D eigenvalue weighted by molar-refractivity contribution is 6.05. The van der Waals surface area contributed by atoms with Crippen LogP contribution in [0.2, 0.25) is 0 Å². The molecule has 0 radical (unpaired) electrons. The molecule has 0 spiro atoms. The van der Waals surface area contributed by atoms with Gasteiger partial charge in [-0.05, 0) is 38.5 Å². The molecule has 140 valence electrons. The van der Waals surface area contributed by atoms with Gasteiger partial charge in [0.1, 0.15) is 0 Å². The van der Waals surface area contributed by atoms with Gasteiger partial charge < -0.3 is 16.0 Å². The third-order valence-electron chi connectivity index (χ3n) is 4.18. The summed E-state index contributed by atoms with van der Waals surface area (Å²) in [6.07, 6.45) is 0.833. The molecule has 7 nitrogen and oxygen atoms in total. The van der Waals surface area contributed by atoms with Crippen LogP contribution in [-0.2, 0) is 13.0 Å². The number of aryl methyl sites for hydroxylation is 1. The number of fused-ring (bicyclic) bond motifs is 1. The number of anilines is 1. The number of carbonyl (C=O) groups is 2. The summed E-state index contributed by atoms with van der Waals surface area (Å²) in [5.41, 5.74) is 4.30. The Bertz CT molecular complexity index is 816. The Labute approximate surface area is 158 Å². The molecule has 26 heavy (non-hydrogen) atoms. The molecule has 0 aliphatic carbocycles. The molecule has 1 aliphatic heterocycles. The van der Waals surface area contributed by atoms with Gasteiger partial charge in [-0.15, -0.1) is 12.4 Å². The number of hydrogen-bond donors (Lipinski definition) is 4. The van der Waals surface area contributed by atoms with E-state index in [-0.39, 0.29) is 30.3 Å². The summed E-state index contributed by atoms with van der Waals surface area (Å²) in [6.45, 7) is 7.20. The number of benzene rings is 1. The predicted molar refractivity (Wildman–Crippen MR) is 103 cm³/mol. The average molecular weight is 378 g/mol. The maximum Gasteiger partial charge on any atom is 0.276 e. The summed E-state index contributed by atoms with van der Waals surface area (Å²) in [4.78, 5) is 24.9. The van der Waals surface area contributed by atoms with Gasteiger partial charge in [-0.2, -0.15) is 5.10 Å². The third-order valence-corrected chi connectivity index (χ3v) is 4.18. The first-order valence-corrected chi connectivity index (χ1v) is 8.45. The average Bonchev–Trinajstić information content (AvgIpc) is 3.00. The van der Waals surface area contributed by atoms with Gasteiger partial charge in [0.05, 0.1) is 0 Å². The molecule has 8 heteroatoms. The van der Waals surface area contributed by atoms with Crippen LogP contribution in [0.3, 0.4) is 0 Å². The summed E-state index contributed by atoms with van der Waals surface area (Å²) in [5.74, 6) is -0.426. The standard InChI is InChI=1S/C18H23N5O2.ClH/c1-10(2)20-17(24)13-8-12(5-4-11(13)3)21-18(25)16-14-9-19-7-6-15(14)22-23-16;/h4-5,8,10,19H,6-7,9H2,1-3H3,(H,20,24)(H,21,25)(H,22,23);1H. The van der Waals surface area contributed by atoms with E-state index in [2.05, 4.69) is 26.1 Å². The van der Waals surface area contributed by atoms with Crippen LogP contribution >= 0.6 is 12.4 Å². The summed E-state index contributed by atoms with van der Waals surface area (Å²) in [7, 11) is 0. The molecule has 0 unspecified atom stereocenters. The van der Waals surface area contributed by atoms with Crippen molar-refractivity contribution in [3.8, 4) is 0 Å². The molecule has 0 saturated carbocycles. The van der Waals surface area contributed by atoms with E-state index in [1.807, 2.05) is 26.8 Å². The Morgan fingerprint density at radius 3 is 2.73 bits per heavy atom. The SMILES string of the molecule is Cc1ccc(NC(=O)c2n[nH]c3c2CNCC3)cc1C(=O)NC(C)C.Cl. The number of H-pyrrole nitrogens is 1. The summed E-state index contributed by atoms with van der Waals surface area (Å²) in [6, 6.07) is 5.36. The summed E-state index contributed by atoms with van der Waals surface area (Å²) < 4.78 is 0. The zero-order chi connectivity index (χ0) is 18.0. The zero-order valence-electron chi connectivity index (χ0n) is 15.1. The Morgan fingerprint density at radius 2 is 2.00 bits per heavy atom. The number of aromatic amines is 1. The molecular formula is C18H24ClN5O2. The van der Waals surface area contributed by atoms with Gasteiger partial charge in [0.15, 0.2) is 5.69 Å². The second kappa shape index (κ2) is 8.33. The Balaban J connectivity index is 0.00000243. The molecular weight excluding hydrogens is 354 g/mol. The molecule has 4 N–H and O–H groups in total. The highest BCUT2D eigenvalue weighted by Crippen LogP contribution is 2.19. The van der Waals surface area contributed by atoms with Crippen molar-refractivity contribution >= 4 is 29.9 Å². The second-order valence-electron chi connectivity index (χ2n) is 6.57. The topological polar surface area (TPSA) is 98.9 Å². The first kappa shape index (κ1) is 19.9. The van der Waals surface area contributed by atoms with E-state index in [1.54, 1.807) is 12.1 Å². The van der Waals surface area contributed by atoms with E-state index in [1.165, 1.54) is 0 Å². The number of nitrogens with zero attached hydrogens (tertiary/aromatic N) is 1. The zero-order valence-corrected chi connectivity index (χ0v) is 15.9. The molecule has 1 aromatic heterocycles. The lowest BCUT2D eigenvalue weighted by Gasteiger charge is -2.14. The fourth-order valence-electron chi connectivity index (χ4n) is 2.89. The van der Waals surface area contributed by atoms with Crippen LogP contribution in [0.4, 0.5) is 5.69 Å². The minimum absolute atomic E-state index is 0. The second-order valence-corrected chi connectivity index (χ2v) is 6.57. The number of hydrogen-bond acceptors (Lipinski definition) is 4. The van der Waals surface area contributed by atoms with Crippen molar-refractivity contribution in [1.29, 1.82) is 0 Å². The lowest BCUT2D eigenvalue weighted by Crippen LogP contribution is -2.30. The van der Waals surface area contributed by atoms with Gasteiger partial charge in [0, 0.05) is 48.1 Å². The first-order valence-electron chi connectivity index (χ1n) is 8.45. The van der Waals surface area contributed by atoms with E-state index in [9.17, 15) is 9.59 Å². The maximum absolute atomic E-state index is 12.6. The van der Waals surface area contributed by atoms with Crippen LogP contribution in [0.25, 0.3) is 0 Å². The van der Waals surface area contributed by atoms with Crippen LogP contribution in [0.1, 0.15) is 51.5 Å². The third kappa shape index (κ3) is 4.23. The number of rotatable bonds is 4. The normalized spacial score (nSPS) is 12.9. The smallest absolute Gasteiger partial charge is 0.276 e.